The van der Waals surface area contributed by atoms with E-state index in [1.54, 1.807) is 5.41 Å². The Morgan fingerprint density at radius 2 is 2.17 bits per heavy atom. The average Bonchev–Trinajstić information content (AvgIpc) is 2.48. The molecular formula is C6H8NO4S-. The van der Waals surface area contributed by atoms with Crippen molar-refractivity contribution in [3.05, 3.63) is 27.6 Å². The van der Waals surface area contributed by atoms with Gasteiger partial charge in [0.2, 0.25) is 5.12 Å². The van der Waals surface area contributed by atoms with Crippen molar-refractivity contribution in [1.29, 1.82) is 0 Å². The van der Waals surface area contributed by atoms with Gasteiger partial charge in [-0.3, -0.25) is 10.1 Å². The van der Waals surface area contributed by atoms with E-state index >= 15 is 0 Å². The van der Waals surface area contributed by atoms with Crippen LogP contribution in [0.2, 0.25) is 0 Å². The van der Waals surface area contributed by atoms with Crippen LogP contribution in [-0.4, -0.2) is 24.3 Å². The fourth-order valence-electron chi connectivity index (χ4n) is 0.912. The van der Waals surface area contributed by atoms with E-state index in [1.165, 1.54) is 20.3 Å². The van der Waals surface area contributed by atoms with E-state index < -0.39 is 10.0 Å². The average molecular weight is 190 g/mol. The lowest BCUT2D eigenvalue weighted by molar-refractivity contribution is -0.484. The van der Waals surface area contributed by atoms with E-state index in [4.69, 9.17) is 9.47 Å². The van der Waals surface area contributed by atoms with Gasteiger partial charge in [0, 0.05) is 14.2 Å². The molecule has 0 bridgehead atoms. The SMILES string of the molecule is COC1(OC)SC=C[C-]1[N+](=O)[O-]. The smallest absolute Gasteiger partial charge is 0.226 e. The number of rotatable bonds is 3. The first-order valence-electron chi connectivity index (χ1n) is 3.13. The predicted octanol–water partition coefficient (Wildman–Crippen LogP) is 1.00. The Bertz CT molecular complexity index is 214. The highest BCUT2D eigenvalue weighted by atomic mass is 32.2. The Kier molecular flexibility index (Phi) is 2.61. The molecule has 0 aromatic carbocycles. The van der Waals surface area contributed by atoms with Crippen LogP contribution in [0.15, 0.2) is 11.5 Å². The summed E-state index contributed by atoms with van der Waals surface area (Å²) in [6, 6.07) is -0.0856. The first kappa shape index (κ1) is 9.37. The van der Waals surface area contributed by atoms with Gasteiger partial charge in [-0.15, -0.1) is 6.08 Å². The van der Waals surface area contributed by atoms with Crippen LogP contribution in [0.25, 0.3) is 0 Å². The summed E-state index contributed by atoms with van der Waals surface area (Å²) in [6.45, 7) is 0. The van der Waals surface area contributed by atoms with Crippen molar-refractivity contribution < 1.29 is 14.4 Å². The monoisotopic (exact) mass is 190 g/mol. The lowest BCUT2D eigenvalue weighted by Gasteiger charge is -2.31. The summed E-state index contributed by atoms with van der Waals surface area (Å²) in [5.41, 5.74) is 0. The van der Waals surface area contributed by atoms with Gasteiger partial charge in [-0.05, 0) is 4.92 Å². The van der Waals surface area contributed by atoms with Crippen molar-refractivity contribution in [1.82, 2.24) is 0 Å². The number of hydrogen-bond acceptors (Lipinski definition) is 5. The van der Waals surface area contributed by atoms with Crippen molar-refractivity contribution in [2.24, 2.45) is 0 Å². The number of hydrogen-bond donors (Lipinski definition) is 0. The lowest BCUT2D eigenvalue weighted by Crippen LogP contribution is -2.37. The van der Waals surface area contributed by atoms with Crippen molar-refractivity contribution in [3.63, 3.8) is 0 Å². The second kappa shape index (κ2) is 3.34. The maximum absolute atomic E-state index is 10.5. The first-order valence-corrected chi connectivity index (χ1v) is 4.00. The van der Waals surface area contributed by atoms with Gasteiger partial charge in [0.25, 0.3) is 0 Å². The van der Waals surface area contributed by atoms with Gasteiger partial charge in [-0.1, -0.05) is 0 Å². The Labute approximate surface area is 73.9 Å². The molecule has 0 aliphatic carbocycles. The van der Waals surface area contributed by atoms with Crippen molar-refractivity contribution in [2.75, 3.05) is 14.2 Å². The minimum atomic E-state index is -1.26. The van der Waals surface area contributed by atoms with Crippen LogP contribution in [-0.2, 0) is 9.47 Å². The van der Waals surface area contributed by atoms with Crippen molar-refractivity contribution in [2.45, 2.75) is 5.12 Å². The van der Waals surface area contributed by atoms with Crippen molar-refractivity contribution in [3.8, 4) is 0 Å². The predicted molar refractivity (Wildman–Crippen MR) is 43.7 cm³/mol. The number of nitro groups is 1. The number of thioether (sulfide) groups is 1. The van der Waals surface area contributed by atoms with E-state index in [2.05, 4.69) is 0 Å². The minimum Gasteiger partial charge on any atom is -0.351 e. The molecule has 12 heavy (non-hydrogen) atoms. The molecule has 0 aromatic rings. The number of ether oxygens (including phenoxy) is 2. The molecule has 68 valence electrons. The van der Waals surface area contributed by atoms with E-state index in [0.29, 0.717) is 0 Å². The molecule has 0 N–H and O–H groups in total. The molecule has 0 radical (unpaired) electrons. The van der Waals surface area contributed by atoms with Gasteiger partial charge in [0.05, 0.1) is 0 Å². The second-order valence-corrected chi connectivity index (χ2v) is 3.07. The summed E-state index contributed by atoms with van der Waals surface area (Å²) < 4.78 is 9.84. The number of methoxy groups -OCH3 is 2. The summed E-state index contributed by atoms with van der Waals surface area (Å²) in [5.74, 6) is 0. The van der Waals surface area contributed by atoms with Crippen LogP contribution in [0.5, 0.6) is 0 Å². The molecule has 1 heterocycles. The molecule has 0 saturated carbocycles. The topological polar surface area (TPSA) is 61.6 Å². The van der Waals surface area contributed by atoms with E-state index in [-0.39, 0.29) is 6.04 Å². The molecule has 0 unspecified atom stereocenters. The van der Waals surface area contributed by atoms with Crippen LogP contribution < -0.4 is 0 Å². The van der Waals surface area contributed by atoms with Crippen molar-refractivity contribution >= 4 is 11.8 Å². The van der Waals surface area contributed by atoms with Gasteiger partial charge in [-0.2, -0.15) is 17.2 Å². The molecule has 1 aliphatic rings. The molecule has 1 aliphatic heterocycles. The molecule has 0 fully saturated rings. The molecule has 6 heteroatoms. The maximum atomic E-state index is 10.5. The van der Waals surface area contributed by atoms with Crippen LogP contribution in [0, 0.1) is 16.2 Å². The molecule has 0 spiro atoms. The van der Waals surface area contributed by atoms with Gasteiger partial charge < -0.3 is 9.47 Å². The molecule has 1 rings (SSSR count). The van der Waals surface area contributed by atoms with Crippen LogP contribution in [0.3, 0.4) is 0 Å². The van der Waals surface area contributed by atoms with E-state index in [0.717, 1.165) is 11.8 Å². The van der Waals surface area contributed by atoms with Gasteiger partial charge in [0.15, 0.2) is 6.04 Å². The summed E-state index contributed by atoms with van der Waals surface area (Å²) in [4.78, 5) is 9.97. The number of nitrogens with zero attached hydrogens (tertiary/aromatic N) is 1. The first-order chi connectivity index (χ1) is 5.66. The Morgan fingerprint density at radius 1 is 1.58 bits per heavy atom. The Morgan fingerprint density at radius 3 is 2.50 bits per heavy atom. The Hall–Kier alpha value is -0.720. The van der Waals surface area contributed by atoms with Crippen LogP contribution in [0.1, 0.15) is 0 Å². The highest BCUT2D eigenvalue weighted by Crippen LogP contribution is 2.43. The molecule has 5 nitrogen and oxygen atoms in total. The zero-order valence-electron chi connectivity index (χ0n) is 6.64. The molecule has 0 atom stereocenters. The van der Waals surface area contributed by atoms with Gasteiger partial charge in [-0.25, -0.2) is 0 Å². The fraction of sp³-hybridized carbons (Fsp3) is 0.500. The summed E-state index contributed by atoms with van der Waals surface area (Å²) in [6.07, 6.45) is 1.37. The third-order valence-corrected chi connectivity index (χ3v) is 2.62. The highest BCUT2D eigenvalue weighted by Gasteiger charge is 2.42. The van der Waals surface area contributed by atoms with Crippen LogP contribution >= 0.6 is 11.8 Å². The standard InChI is InChI=1S/C6H8NO4S/c1-10-6(11-2)5(7(8)9)3-4-12-6/h3-4H,1-2H3/q-1. The zero-order valence-corrected chi connectivity index (χ0v) is 7.46. The molecular weight excluding hydrogens is 182 g/mol. The quantitative estimate of drug-likeness (QED) is 0.287. The zero-order chi connectivity index (χ0) is 9.19. The second-order valence-electron chi connectivity index (χ2n) is 2.03. The van der Waals surface area contributed by atoms with Crippen LogP contribution in [0.4, 0.5) is 0 Å². The Balaban J connectivity index is 2.84. The summed E-state index contributed by atoms with van der Waals surface area (Å²) >= 11 is 1.12. The third kappa shape index (κ3) is 1.28. The highest BCUT2D eigenvalue weighted by molar-refractivity contribution is 8.03. The normalized spacial score (nSPS) is 20.0. The van der Waals surface area contributed by atoms with E-state index in [1.807, 2.05) is 0 Å². The largest absolute Gasteiger partial charge is 0.351 e. The lowest BCUT2D eigenvalue weighted by atomic mass is 10.3. The third-order valence-electron chi connectivity index (χ3n) is 1.50. The maximum Gasteiger partial charge on any atom is 0.226 e. The minimum absolute atomic E-state index is 0.0856. The molecule has 0 amide bonds. The van der Waals surface area contributed by atoms with Gasteiger partial charge in [0.1, 0.15) is 0 Å². The fourth-order valence-corrected chi connectivity index (χ4v) is 1.74. The summed E-state index contributed by atoms with van der Waals surface area (Å²) in [5, 5.41) is 10.8. The van der Waals surface area contributed by atoms with E-state index in [9.17, 15) is 10.1 Å². The van der Waals surface area contributed by atoms with Gasteiger partial charge >= 0.3 is 0 Å². The molecule has 0 saturated heterocycles. The summed E-state index contributed by atoms with van der Waals surface area (Å²) in [7, 11) is 2.74. The molecule has 0 aromatic heterocycles.